The Hall–Kier alpha value is -1.31. The molecule has 0 spiro atoms. The minimum Gasteiger partial charge on any atom is -0.450 e. The molecule has 0 amide bonds. The number of rotatable bonds is 6. The topological polar surface area (TPSA) is 151 Å². The predicted molar refractivity (Wildman–Crippen MR) is 48.4 cm³/mol. The molecule has 0 aromatic carbocycles. The molecule has 9 nitrogen and oxygen atoms in total. The van der Waals surface area contributed by atoms with Crippen LogP contribution in [0.4, 0.5) is 9.59 Å². The van der Waals surface area contributed by atoms with Crippen LogP contribution in [-0.2, 0) is 14.0 Å². The van der Waals surface area contributed by atoms with Crippen LogP contribution in [0.15, 0.2) is 0 Å². The Morgan fingerprint density at radius 1 is 1.19 bits per heavy atom. The summed E-state index contributed by atoms with van der Waals surface area (Å²) in [4.78, 5) is 37.3. The molecule has 1 unspecified atom stereocenters. The molecular weight excluding hydrogens is 247 g/mol. The molecule has 94 valence electrons. The number of carbonyl (C=O) groups is 2. The predicted octanol–water partition coefficient (Wildman–Crippen LogP) is 0.312. The molecule has 4 N–H and O–H groups in total. The molecule has 1 atom stereocenters. The summed E-state index contributed by atoms with van der Waals surface area (Å²) in [6, 6.07) is 0. The van der Waals surface area contributed by atoms with Gasteiger partial charge in [-0.05, 0) is 0 Å². The van der Waals surface area contributed by atoms with Crippen LogP contribution >= 0.6 is 7.60 Å². The van der Waals surface area contributed by atoms with Crippen molar-refractivity contribution in [2.24, 2.45) is 0 Å². The van der Waals surface area contributed by atoms with E-state index in [0.717, 1.165) is 0 Å². The Balaban J connectivity index is 4.16. The largest absolute Gasteiger partial charge is 0.506 e. The standard InChI is InChI=1S/C6H11O9P/c7-5(8)14-2-1-4(15-6(9)10)3-16(11,12)13/h4H,1-3H2,(H,7,8)(H,9,10)(H2,11,12,13). The monoisotopic (exact) mass is 258 g/mol. The third-order valence-electron chi connectivity index (χ3n) is 1.37. The molecule has 0 aliphatic carbocycles. The van der Waals surface area contributed by atoms with E-state index >= 15 is 0 Å². The molecule has 16 heavy (non-hydrogen) atoms. The van der Waals surface area contributed by atoms with Crippen LogP contribution in [0.5, 0.6) is 0 Å². The fraction of sp³-hybridized carbons (Fsp3) is 0.667. The molecule has 0 aliphatic rings. The summed E-state index contributed by atoms with van der Waals surface area (Å²) in [7, 11) is -4.43. The van der Waals surface area contributed by atoms with Crippen LogP contribution in [0.2, 0.25) is 0 Å². The van der Waals surface area contributed by atoms with Crippen LogP contribution in [0.3, 0.4) is 0 Å². The molecule has 10 heteroatoms. The molecule has 0 saturated carbocycles. The van der Waals surface area contributed by atoms with Gasteiger partial charge in [0.1, 0.15) is 6.10 Å². The van der Waals surface area contributed by atoms with Crippen molar-refractivity contribution in [2.75, 3.05) is 12.8 Å². The first-order valence-electron chi connectivity index (χ1n) is 4.00. The lowest BCUT2D eigenvalue weighted by Crippen LogP contribution is -2.23. The minimum atomic E-state index is -4.43. The normalized spacial score (nSPS) is 12.9. The van der Waals surface area contributed by atoms with Gasteiger partial charge in [-0.2, -0.15) is 0 Å². The second-order valence-electron chi connectivity index (χ2n) is 2.76. The van der Waals surface area contributed by atoms with Crippen molar-refractivity contribution in [3.05, 3.63) is 0 Å². The highest BCUT2D eigenvalue weighted by atomic mass is 31.2. The van der Waals surface area contributed by atoms with E-state index in [2.05, 4.69) is 9.47 Å². The molecule has 0 bridgehead atoms. The Bertz CT molecular complexity index is 294. The fourth-order valence-corrected chi connectivity index (χ4v) is 1.66. The zero-order valence-corrected chi connectivity index (χ0v) is 8.87. The van der Waals surface area contributed by atoms with E-state index in [1.807, 2.05) is 0 Å². The summed E-state index contributed by atoms with van der Waals surface area (Å²) in [5, 5.41) is 16.4. The maximum atomic E-state index is 10.6. The van der Waals surface area contributed by atoms with Crippen molar-refractivity contribution in [1.82, 2.24) is 0 Å². The van der Waals surface area contributed by atoms with Gasteiger partial charge in [-0.1, -0.05) is 0 Å². The van der Waals surface area contributed by atoms with Gasteiger partial charge in [0.2, 0.25) is 0 Å². The SMILES string of the molecule is O=C(O)OCCC(CP(=O)(O)O)OC(=O)O. The highest BCUT2D eigenvalue weighted by Gasteiger charge is 2.24. The second-order valence-corrected chi connectivity index (χ2v) is 4.45. The van der Waals surface area contributed by atoms with Crippen molar-refractivity contribution in [2.45, 2.75) is 12.5 Å². The van der Waals surface area contributed by atoms with Crippen molar-refractivity contribution >= 4 is 19.9 Å². The highest BCUT2D eigenvalue weighted by molar-refractivity contribution is 7.51. The van der Waals surface area contributed by atoms with E-state index in [0.29, 0.717) is 0 Å². The van der Waals surface area contributed by atoms with Gasteiger partial charge in [0.25, 0.3) is 0 Å². The third kappa shape index (κ3) is 9.25. The lowest BCUT2D eigenvalue weighted by atomic mass is 10.3. The van der Waals surface area contributed by atoms with E-state index in [1.54, 1.807) is 0 Å². The number of carboxylic acid groups (broad SMARTS) is 2. The van der Waals surface area contributed by atoms with Crippen LogP contribution in [0.25, 0.3) is 0 Å². The van der Waals surface area contributed by atoms with Crippen molar-refractivity contribution in [3.8, 4) is 0 Å². The number of hydrogen-bond donors (Lipinski definition) is 4. The first-order valence-corrected chi connectivity index (χ1v) is 5.80. The maximum Gasteiger partial charge on any atom is 0.506 e. The van der Waals surface area contributed by atoms with Crippen molar-refractivity contribution < 1.29 is 43.6 Å². The Kier molecular flexibility index (Phi) is 5.79. The van der Waals surface area contributed by atoms with E-state index < -0.39 is 38.8 Å². The van der Waals surface area contributed by atoms with Crippen molar-refractivity contribution in [1.29, 1.82) is 0 Å². The molecule has 0 rings (SSSR count). The van der Waals surface area contributed by atoms with Crippen LogP contribution in [0.1, 0.15) is 6.42 Å². The summed E-state index contributed by atoms with van der Waals surface area (Å²) < 4.78 is 18.8. The van der Waals surface area contributed by atoms with Gasteiger partial charge < -0.3 is 29.5 Å². The average molecular weight is 258 g/mol. The van der Waals surface area contributed by atoms with Gasteiger partial charge in [-0.3, -0.25) is 4.57 Å². The lowest BCUT2D eigenvalue weighted by Gasteiger charge is -2.15. The van der Waals surface area contributed by atoms with Crippen molar-refractivity contribution in [3.63, 3.8) is 0 Å². The fourth-order valence-electron chi connectivity index (χ4n) is 0.873. The maximum absolute atomic E-state index is 10.6. The zero-order chi connectivity index (χ0) is 12.8. The molecule has 0 saturated heterocycles. The Labute approximate surface area is 89.8 Å². The smallest absolute Gasteiger partial charge is 0.450 e. The van der Waals surface area contributed by atoms with Gasteiger partial charge >= 0.3 is 19.9 Å². The van der Waals surface area contributed by atoms with Crippen LogP contribution in [-0.4, -0.2) is 51.2 Å². The molecule has 0 aromatic heterocycles. The minimum absolute atomic E-state index is 0.260. The first-order chi connectivity index (χ1) is 7.20. The van der Waals surface area contributed by atoms with E-state index in [9.17, 15) is 14.2 Å². The summed E-state index contributed by atoms with van der Waals surface area (Å²) in [5.74, 6) is 0. The van der Waals surface area contributed by atoms with E-state index in [1.165, 1.54) is 0 Å². The summed E-state index contributed by atoms with van der Waals surface area (Å²) in [6.07, 6.45) is -5.65. The average Bonchev–Trinajstić information content (AvgIpc) is 1.98. The second kappa shape index (κ2) is 6.31. The van der Waals surface area contributed by atoms with Gasteiger partial charge in [0, 0.05) is 6.42 Å². The molecule has 0 aliphatic heterocycles. The summed E-state index contributed by atoms with van der Waals surface area (Å²) in [5.41, 5.74) is 0. The van der Waals surface area contributed by atoms with Gasteiger partial charge in [-0.25, -0.2) is 9.59 Å². The highest BCUT2D eigenvalue weighted by Crippen LogP contribution is 2.36. The van der Waals surface area contributed by atoms with Gasteiger partial charge in [-0.15, -0.1) is 0 Å². The summed E-state index contributed by atoms with van der Waals surface area (Å²) in [6.45, 7) is -0.409. The van der Waals surface area contributed by atoms with E-state index in [4.69, 9.17) is 20.0 Å². The molecule has 0 heterocycles. The molecular formula is C6H11O9P. The molecule has 0 aromatic rings. The van der Waals surface area contributed by atoms with E-state index in [-0.39, 0.29) is 6.42 Å². The first kappa shape index (κ1) is 14.7. The Morgan fingerprint density at radius 3 is 2.12 bits per heavy atom. The molecule has 0 radical (unpaired) electrons. The van der Waals surface area contributed by atoms with Gasteiger partial charge in [0.05, 0.1) is 12.8 Å². The number of hydrogen-bond acceptors (Lipinski definition) is 5. The number of ether oxygens (including phenoxy) is 2. The zero-order valence-electron chi connectivity index (χ0n) is 7.98. The van der Waals surface area contributed by atoms with Gasteiger partial charge in [0.15, 0.2) is 0 Å². The van der Waals surface area contributed by atoms with Crippen LogP contribution < -0.4 is 0 Å². The lowest BCUT2D eigenvalue weighted by molar-refractivity contribution is 0.0390. The van der Waals surface area contributed by atoms with Crippen LogP contribution in [0, 0.1) is 0 Å². The Morgan fingerprint density at radius 2 is 1.75 bits per heavy atom. The third-order valence-corrected chi connectivity index (χ3v) is 2.26. The quantitative estimate of drug-likeness (QED) is 0.389. The molecule has 0 fully saturated rings. The summed E-state index contributed by atoms with van der Waals surface area (Å²) >= 11 is 0.